The van der Waals surface area contributed by atoms with Gasteiger partial charge in [0.2, 0.25) is 6.08 Å². The topological polar surface area (TPSA) is 96.3 Å². The molecule has 0 saturated heterocycles. The first-order valence-corrected chi connectivity index (χ1v) is 3.26. The maximum absolute atomic E-state index is 10.4. The molecular formula is C7H10N2O4. The molecule has 0 spiro atoms. The van der Waals surface area contributed by atoms with Crippen molar-refractivity contribution < 1.29 is 19.1 Å². The lowest BCUT2D eigenvalue weighted by molar-refractivity contribution is -0.115. The molecule has 0 heterocycles. The fraction of sp³-hybridized carbons (Fsp3) is 0.286. The Morgan fingerprint density at radius 3 is 2.46 bits per heavy atom. The van der Waals surface area contributed by atoms with Gasteiger partial charge in [-0.15, -0.1) is 0 Å². The molecule has 2 amide bonds. The summed E-state index contributed by atoms with van der Waals surface area (Å²) in [5, 5.41) is 7.32. The summed E-state index contributed by atoms with van der Waals surface area (Å²) in [4.78, 5) is 29.1. The van der Waals surface area contributed by atoms with Crippen molar-refractivity contribution in [1.82, 2.24) is 5.32 Å². The van der Waals surface area contributed by atoms with Gasteiger partial charge in [-0.3, -0.25) is 10.1 Å². The van der Waals surface area contributed by atoms with E-state index in [0.717, 1.165) is 12.2 Å². The zero-order chi connectivity index (χ0) is 10.7. The summed E-state index contributed by atoms with van der Waals surface area (Å²) in [5.41, 5.74) is 0. The van der Waals surface area contributed by atoms with Crippen LogP contribution in [0.2, 0.25) is 0 Å². The van der Waals surface area contributed by atoms with Gasteiger partial charge in [-0.25, -0.2) is 15.0 Å². The third-order valence-electron chi connectivity index (χ3n) is 0.686. The minimum Gasteiger partial charge on any atom is -0.450 e. The zero-order valence-corrected chi connectivity index (χ0v) is 7.12. The number of carbonyl (C=O) groups excluding carboxylic acids is 3. The molecule has 0 aliphatic heterocycles. The summed E-state index contributed by atoms with van der Waals surface area (Å²) in [6, 6.07) is 0. The van der Waals surface area contributed by atoms with E-state index < -0.39 is 12.0 Å². The molecule has 0 aromatic heterocycles. The first-order valence-electron chi connectivity index (χ1n) is 3.26. The van der Waals surface area contributed by atoms with Crippen molar-refractivity contribution in [2.75, 3.05) is 6.61 Å². The normalized spacial score (nSPS) is 6.85. The van der Waals surface area contributed by atoms with Crippen LogP contribution in [0.15, 0.2) is 12.7 Å². The highest BCUT2D eigenvalue weighted by Crippen LogP contribution is 1.75. The van der Waals surface area contributed by atoms with Gasteiger partial charge in [0.1, 0.15) is 0 Å². The van der Waals surface area contributed by atoms with Gasteiger partial charge in [-0.05, 0) is 13.0 Å². The number of hydrogen-bond donors (Lipinski definition) is 2. The van der Waals surface area contributed by atoms with Crippen molar-refractivity contribution in [3.05, 3.63) is 12.7 Å². The molecule has 0 saturated carbocycles. The number of hydrogen-bond acceptors (Lipinski definition) is 5. The molecule has 0 aromatic rings. The monoisotopic (exact) mass is 186 g/mol. The molecule has 0 aliphatic rings. The summed E-state index contributed by atoms with van der Waals surface area (Å²) in [6.45, 7) is 5.05. The van der Waals surface area contributed by atoms with Gasteiger partial charge in [0.25, 0.3) is 5.91 Å². The fourth-order valence-corrected chi connectivity index (χ4v) is 0.319. The predicted octanol–water partition coefficient (Wildman–Crippen LogP) is 0.346. The number of amides is 2. The van der Waals surface area contributed by atoms with Gasteiger partial charge in [0.15, 0.2) is 0 Å². The fourth-order valence-electron chi connectivity index (χ4n) is 0.319. The molecule has 0 atom stereocenters. The van der Waals surface area contributed by atoms with Crippen LogP contribution < -0.4 is 5.32 Å². The smallest absolute Gasteiger partial charge is 0.414 e. The second-order valence-electron chi connectivity index (χ2n) is 1.52. The van der Waals surface area contributed by atoms with Gasteiger partial charge in [-0.1, -0.05) is 6.58 Å². The summed E-state index contributed by atoms with van der Waals surface area (Å²) in [7, 11) is 0. The van der Waals surface area contributed by atoms with Crippen LogP contribution in [-0.4, -0.2) is 24.7 Å². The minimum absolute atomic E-state index is 0.246. The van der Waals surface area contributed by atoms with Crippen LogP contribution in [0.3, 0.4) is 0 Å². The van der Waals surface area contributed by atoms with Crippen molar-refractivity contribution >= 4 is 18.1 Å². The molecule has 0 bridgehead atoms. The lowest BCUT2D eigenvalue weighted by Crippen LogP contribution is -2.29. The number of alkyl carbamates (subject to hydrolysis) is 1. The van der Waals surface area contributed by atoms with Crippen LogP contribution in [0.25, 0.3) is 0 Å². The lowest BCUT2D eigenvalue weighted by atomic mass is 10.6. The van der Waals surface area contributed by atoms with Crippen molar-refractivity contribution in [2.45, 2.75) is 6.92 Å². The summed E-state index contributed by atoms with van der Waals surface area (Å²) < 4.78 is 4.40. The highest BCUT2D eigenvalue weighted by Gasteiger charge is 2.01. The van der Waals surface area contributed by atoms with E-state index in [2.05, 4.69) is 11.3 Å². The average molecular weight is 186 g/mol. The zero-order valence-electron chi connectivity index (χ0n) is 7.12. The SMILES string of the molecule is C=CC(=O)NC(=O)OCC.N=C=O. The quantitative estimate of drug-likeness (QED) is 0.369. The molecule has 0 aliphatic carbocycles. The number of ether oxygens (including phenoxy) is 1. The Kier molecular flexibility index (Phi) is 10.6. The second kappa shape index (κ2) is 10.1. The molecule has 0 rings (SSSR count). The molecule has 0 unspecified atom stereocenters. The van der Waals surface area contributed by atoms with Crippen molar-refractivity contribution in [2.24, 2.45) is 0 Å². The number of imide groups is 1. The van der Waals surface area contributed by atoms with E-state index in [1.54, 1.807) is 6.92 Å². The molecule has 6 nitrogen and oxygen atoms in total. The van der Waals surface area contributed by atoms with Crippen molar-refractivity contribution in [3.63, 3.8) is 0 Å². The van der Waals surface area contributed by atoms with Gasteiger partial charge in [0, 0.05) is 0 Å². The molecule has 0 aromatic carbocycles. The van der Waals surface area contributed by atoms with E-state index >= 15 is 0 Å². The highest BCUT2D eigenvalue weighted by atomic mass is 16.5. The third kappa shape index (κ3) is 13.1. The Bertz CT molecular complexity index is 219. The lowest BCUT2D eigenvalue weighted by Gasteiger charge is -1.99. The Balaban J connectivity index is 0. The standard InChI is InChI=1S/C6H9NO3.CHNO/c1-3-5(8)7-6(9)10-4-2;2-1-3/h3H,1,4H2,2H3,(H,7,8,9);2H. The first kappa shape index (κ1) is 13.6. The number of carbonyl (C=O) groups is 2. The molecule has 0 radical (unpaired) electrons. The molecule has 6 heteroatoms. The van der Waals surface area contributed by atoms with Gasteiger partial charge < -0.3 is 4.74 Å². The van der Waals surface area contributed by atoms with E-state index in [4.69, 9.17) is 10.2 Å². The average Bonchev–Trinajstić information content (AvgIpc) is 2.06. The van der Waals surface area contributed by atoms with Crippen LogP contribution >= 0.6 is 0 Å². The van der Waals surface area contributed by atoms with E-state index in [0.29, 0.717) is 0 Å². The Morgan fingerprint density at radius 2 is 2.15 bits per heavy atom. The van der Waals surface area contributed by atoms with Crippen LogP contribution in [0.4, 0.5) is 4.79 Å². The number of rotatable bonds is 2. The van der Waals surface area contributed by atoms with Crippen LogP contribution in [-0.2, 0) is 14.3 Å². The minimum atomic E-state index is -0.743. The van der Waals surface area contributed by atoms with E-state index in [9.17, 15) is 9.59 Å². The van der Waals surface area contributed by atoms with E-state index in [1.165, 1.54) is 0 Å². The van der Waals surface area contributed by atoms with Gasteiger partial charge in [-0.2, -0.15) is 0 Å². The Labute approximate surface area is 75.1 Å². The Hall–Kier alpha value is -1.94. The largest absolute Gasteiger partial charge is 0.450 e. The van der Waals surface area contributed by atoms with Crippen molar-refractivity contribution in [1.29, 1.82) is 5.41 Å². The summed E-state index contributed by atoms with van der Waals surface area (Å²) in [6.07, 6.45) is 1.00. The number of nitrogens with one attached hydrogen (secondary N) is 2. The van der Waals surface area contributed by atoms with Gasteiger partial charge >= 0.3 is 6.09 Å². The maximum Gasteiger partial charge on any atom is 0.414 e. The molecule has 2 N–H and O–H groups in total. The van der Waals surface area contributed by atoms with Crippen LogP contribution in [0, 0.1) is 5.41 Å². The molecular weight excluding hydrogens is 176 g/mol. The van der Waals surface area contributed by atoms with Crippen LogP contribution in [0.1, 0.15) is 6.92 Å². The van der Waals surface area contributed by atoms with E-state index in [-0.39, 0.29) is 6.61 Å². The molecule has 0 fully saturated rings. The maximum atomic E-state index is 10.4. The Morgan fingerprint density at radius 1 is 1.69 bits per heavy atom. The molecule has 72 valence electrons. The van der Waals surface area contributed by atoms with Crippen molar-refractivity contribution in [3.8, 4) is 0 Å². The van der Waals surface area contributed by atoms with Crippen LogP contribution in [0.5, 0.6) is 0 Å². The van der Waals surface area contributed by atoms with E-state index in [1.807, 2.05) is 5.32 Å². The second-order valence-corrected chi connectivity index (χ2v) is 1.52. The summed E-state index contributed by atoms with van der Waals surface area (Å²) >= 11 is 0. The molecule has 13 heavy (non-hydrogen) atoms. The highest BCUT2D eigenvalue weighted by molar-refractivity contribution is 5.98. The van der Waals surface area contributed by atoms with Gasteiger partial charge in [0.05, 0.1) is 6.61 Å². The number of isocyanates is 1. The summed E-state index contributed by atoms with van der Waals surface area (Å²) in [5.74, 6) is -0.557. The predicted molar refractivity (Wildman–Crippen MR) is 43.8 cm³/mol. The first-order chi connectivity index (χ1) is 6.12. The third-order valence-corrected chi connectivity index (χ3v) is 0.686.